The number of carbonyl (C=O) groups excluding carboxylic acids is 2. The van der Waals surface area contributed by atoms with Crippen LogP contribution in [0.1, 0.15) is 48.2 Å². The number of hydrogen-bond donors (Lipinski definition) is 0. The predicted molar refractivity (Wildman–Crippen MR) is 77.9 cm³/mol. The smallest absolute Gasteiger partial charge is 0.289 e. The van der Waals surface area contributed by atoms with Crippen LogP contribution in [0.25, 0.3) is 0 Å². The molecule has 114 valence electrons. The molecule has 0 aromatic carbocycles. The van der Waals surface area contributed by atoms with Crippen LogP contribution < -0.4 is 0 Å². The summed E-state index contributed by atoms with van der Waals surface area (Å²) >= 11 is 0. The second-order valence-electron chi connectivity index (χ2n) is 6.29. The SMILES string of the molecule is Cc1ccoc1C(=O)N1CCC[C@@]2(CCCC(=O)N2C)C1. The van der Waals surface area contributed by atoms with Crippen LogP contribution in [-0.4, -0.2) is 47.3 Å². The molecule has 3 heterocycles. The summed E-state index contributed by atoms with van der Waals surface area (Å²) < 4.78 is 5.33. The van der Waals surface area contributed by atoms with E-state index in [2.05, 4.69) is 0 Å². The van der Waals surface area contributed by atoms with Crippen molar-refractivity contribution < 1.29 is 14.0 Å². The van der Waals surface area contributed by atoms with Crippen LogP contribution in [0.4, 0.5) is 0 Å². The largest absolute Gasteiger partial charge is 0.459 e. The Hall–Kier alpha value is -1.78. The molecule has 2 amide bonds. The summed E-state index contributed by atoms with van der Waals surface area (Å²) in [6.07, 6.45) is 6.00. The van der Waals surface area contributed by atoms with Crippen molar-refractivity contribution in [1.29, 1.82) is 0 Å². The Kier molecular flexibility index (Phi) is 3.51. The molecule has 5 heteroatoms. The van der Waals surface area contributed by atoms with Gasteiger partial charge in [0.05, 0.1) is 11.8 Å². The monoisotopic (exact) mass is 290 g/mol. The Labute approximate surface area is 124 Å². The van der Waals surface area contributed by atoms with Crippen LogP contribution in [0.2, 0.25) is 0 Å². The molecule has 2 saturated heterocycles. The van der Waals surface area contributed by atoms with E-state index in [0.29, 0.717) is 18.7 Å². The van der Waals surface area contributed by atoms with Crippen molar-refractivity contribution in [3.63, 3.8) is 0 Å². The Morgan fingerprint density at radius 2 is 2.10 bits per heavy atom. The molecular weight excluding hydrogens is 268 g/mol. The number of hydrogen-bond acceptors (Lipinski definition) is 3. The molecule has 1 atom stereocenters. The zero-order valence-corrected chi connectivity index (χ0v) is 12.7. The summed E-state index contributed by atoms with van der Waals surface area (Å²) in [6.45, 7) is 3.24. The van der Waals surface area contributed by atoms with Crippen molar-refractivity contribution in [3.8, 4) is 0 Å². The third-order valence-electron chi connectivity index (χ3n) is 5.02. The molecular formula is C16H22N2O3. The molecule has 0 saturated carbocycles. The molecule has 2 fully saturated rings. The van der Waals surface area contributed by atoms with Gasteiger partial charge in [-0.2, -0.15) is 0 Å². The van der Waals surface area contributed by atoms with Gasteiger partial charge >= 0.3 is 0 Å². The average molecular weight is 290 g/mol. The zero-order chi connectivity index (χ0) is 15.0. The molecule has 3 rings (SSSR count). The maximum Gasteiger partial charge on any atom is 0.289 e. The lowest BCUT2D eigenvalue weighted by Crippen LogP contribution is -2.61. The molecule has 1 aromatic rings. The summed E-state index contributed by atoms with van der Waals surface area (Å²) in [5.41, 5.74) is 0.691. The molecule has 1 spiro atoms. The van der Waals surface area contributed by atoms with Crippen molar-refractivity contribution in [1.82, 2.24) is 9.80 Å². The van der Waals surface area contributed by atoms with Gasteiger partial charge in [0.15, 0.2) is 5.76 Å². The summed E-state index contributed by atoms with van der Waals surface area (Å²) in [6, 6.07) is 1.81. The van der Waals surface area contributed by atoms with Crippen molar-refractivity contribution in [2.75, 3.05) is 20.1 Å². The van der Waals surface area contributed by atoms with Gasteiger partial charge < -0.3 is 14.2 Å². The minimum atomic E-state index is -0.177. The number of aryl methyl sites for hydroxylation is 1. The van der Waals surface area contributed by atoms with Gasteiger partial charge in [0.1, 0.15) is 0 Å². The lowest BCUT2D eigenvalue weighted by atomic mass is 9.80. The van der Waals surface area contributed by atoms with Crippen LogP contribution in [0.3, 0.4) is 0 Å². The highest BCUT2D eigenvalue weighted by atomic mass is 16.3. The third kappa shape index (κ3) is 2.34. The van der Waals surface area contributed by atoms with E-state index in [4.69, 9.17) is 4.42 Å². The van der Waals surface area contributed by atoms with E-state index >= 15 is 0 Å². The number of likely N-dealkylation sites (tertiary alicyclic amines) is 2. The molecule has 21 heavy (non-hydrogen) atoms. The topological polar surface area (TPSA) is 53.8 Å². The zero-order valence-electron chi connectivity index (χ0n) is 12.7. The van der Waals surface area contributed by atoms with E-state index < -0.39 is 0 Å². The van der Waals surface area contributed by atoms with E-state index in [0.717, 1.165) is 37.8 Å². The van der Waals surface area contributed by atoms with Crippen molar-refractivity contribution in [3.05, 3.63) is 23.7 Å². The van der Waals surface area contributed by atoms with Gasteiger partial charge in [-0.25, -0.2) is 0 Å². The first-order valence-electron chi connectivity index (χ1n) is 7.63. The highest BCUT2D eigenvalue weighted by Gasteiger charge is 2.44. The van der Waals surface area contributed by atoms with Crippen LogP contribution >= 0.6 is 0 Å². The fourth-order valence-corrected chi connectivity index (χ4v) is 3.67. The number of furan rings is 1. The van der Waals surface area contributed by atoms with Gasteiger partial charge in [0.25, 0.3) is 5.91 Å². The third-order valence-corrected chi connectivity index (χ3v) is 5.02. The fourth-order valence-electron chi connectivity index (χ4n) is 3.67. The maximum absolute atomic E-state index is 12.6. The number of rotatable bonds is 1. The molecule has 2 aliphatic rings. The Morgan fingerprint density at radius 1 is 1.33 bits per heavy atom. The fraction of sp³-hybridized carbons (Fsp3) is 0.625. The molecule has 0 radical (unpaired) electrons. The molecule has 0 N–H and O–H groups in total. The number of carbonyl (C=O) groups is 2. The quantitative estimate of drug-likeness (QED) is 0.797. The van der Waals surface area contributed by atoms with Crippen LogP contribution in [0.5, 0.6) is 0 Å². The number of nitrogens with zero attached hydrogens (tertiary/aromatic N) is 2. The molecule has 0 aliphatic carbocycles. The highest BCUT2D eigenvalue weighted by Crippen LogP contribution is 2.36. The Bertz CT molecular complexity index is 562. The molecule has 2 aliphatic heterocycles. The molecule has 0 unspecified atom stereocenters. The average Bonchev–Trinajstić information content (AvgIpc) is 2.90. The van der Waals surface area contributed by atoms with Gasteiger partial charge in [-0.3, -0.25) is 9.59 Å². The Balaban J connectivity index is 1.81. The molecule has 1 aromatic heterocycles. The van der Waals surface area contributed by atoms with Gasteiger partial charge in [-0.05, 0) is 38.7 Å². The predicted octanol–water partition coefficient (Wildman–Crippen LogP) is 2.21. The highest BCUT2D eigenvalue weighted by molar-refractivity contribution is 5.93. The number of likely N-dealkylation sites (N-methyl/N-ethyl adjacent to an activating group) is 1. The normalized spacial score (nSPS) is 26.5. The van der Waals surface area contributed by atoms with Crippen molar-refractivity contribution in [2.45, 2.75) is 44.6 Å². The number of amides is 2. The lowest BCUT2D eigenvalue weighted by Gasteiger charge is -2.50. The van der Waals surface area contributed by atoms with E-state index in [1.165, 1.54) is 0 Å². The first-order chi connectivity index (χ1) is 10.0. The summed E-state index contributed by atoms with van der Waals surface area (Å²) in [5, 5.41) is 0. The van der Waals surface area contributed by atoms with Gasteiger partial charge in [0.2, 0.25) is 5.91 Å². The Morgan fingerprint density at radius 3 is 2.81 bits per heavy atom. The van der Waals surface area contributed by atoms with Gasteiger partial charge in [0, 0.05) is 32.1 Å². The van der Waals surface area contributed by atoms with E-state index in [1.807, 2.05) is 29.8 Å². The molecule has 0 bridgehead atoms. The van der Waals surface area contributed by atoms with Crippen molar-refractivity contribution >= 4 is 11.8 Å². The maximum atomic E-state index is 12.6. The van der Waals surface area contributed by atoms with E-state index in [1.54, 1.807) is 6.26 Å². The van der Waals surface area contributed by atoms with Crippen LogP contribution in [0, 0.1) is 6.92 Å². The van der Waals surface area contributed by atoms with Gasteiger partial charge in [-0.15, -0.1) is 0 Å². The first kappa shape index (κ1) is 14.2. The van der Waals surface area contributed by atoms with Gasteiger partial charge in [-0.1, -0.05) is 0 Å². The second kappa shape index (κ2) is 5.20. The second-order valence-corrected chi connectivity index (χ2v) is 6.29. The van der Waals surface area contributed by atoms with E-state index in [9.17, 15) is 9.59 Å². The summed E-state index contributed by atoms with van der Waals surface area (Å²) in [4.78, 5) is 28.4. The summed E-state index contributed by atoms with van der Waals surface area (Å²) in [5.74, 6) is 0.574. The summed E-state index contributed by atoms with van der Waals surface area (Å²) in [7, 11) is 1.88. The van der Waals surface area contributed by atoms with Crippen molar-refractivity contribution in [2.24, 2.45) is 0 Å². The lowest BCUT2D eigenvalue weighted by molar-refractivity contribution is -0.142. The number of piperidine rings is 2. The van der Waals surface area contributed by atoms with Crippen LogP contribution in [-0.2, 0) is 4.79 Å². The molecule has 5 nitrogen and oxygen atoms in total. The minimum Gasteiger partial charge on any atom is -0.459 e. The van der Waals surface area contributed by atoms with E-state index in [-0.39, 0.29) is 17.4 Å². The standard InChI is InChI=1S/C16H22N2O3/c1-12-6-10-21-14(12)15(20)18-9-4-8-16(11-18)7-3-5-13(19)17(16)2/h6,10H,3-5,7-9,11H2,1-2H3/t16-/m0/s1. The minimum absolute atomic E-state index is 0.0528. The first-order valence-corrected chi connectivity index (χ1v) is 7.63. The van der Waals surface area contributed by atoms with Crippen LogP contribution in [0.15, 0.2) is 16.7 Å².